The van der Waals surface area contributed by atoms with E-state index in [4.69, 9.17) is 14.2 Å². The van der Waals surface area contributed by atoms with E-state index >= 15 is 0 Å². The summed E-state index contributed by atoms with van der Waals surface area (Å²) in [6.45, 7) is 2.33. The van der Waals surface area contributed by atoms with Crippen LogP contribution in [0.4, 0.5) is 5.69 Å². The number of nitrogens with zero attached hydrogens (tertiary/aromatic N) is 1. The normalized spacial score (nSPS) is 10.8. The minimum atomic E-state index is 0.0824. The number of phenolic OH excluding ortho intramolecular Hbond substituents is 1. The monoisotopic (exact) mass is 441 g/mol. The lowest BCUT2D eigenvalue weighted by atomic mass is 10.2. The number of rotatable bonds is 7. The van der Waals surface area contributed by atoms with Gasteiger partial charge in [0.15, 0.2) is 11.5 Å². The molecule has 1 N–H and O–H groups in total. The smallest absolute Gasteiger partial charge is 0.172 e. The van der Waals surface area contributed by atoms with Crippen LogP contribution in [-0.4, -0.2) is 25.0 Å². The van der Waals surface area contributed by atoms with Gasteiger partial charge in [0.2, 0.25) is 0 Å². The molecule has 3 aromatic rings. The van der Waals surface area contributed by atoms with Crippen LogP contribution in [0, 0.1) is 0 Å². The van der Waals surface area contributed by atoms with E-state index < -0.39 is 0 Å². The van der Waals surface area contributed by atoms with Crippen molar-refractivity contribution in [3.63, 3.8) is 0 Å². The third-order valence-electron chi connectivity index (χ3n) is 3.85. The Kier molecular flexibility index (Phi) is 6.55. The Balaban J connectivity index is 1.69. The van der Waals surface area contributed by atoms with Crippen molar-refractivity contribution in [3.8, 4) is 28.7 Å². The Hall–Kier alpha value is -2.99. The summed E-state index contributed by atoms with van der Waals surface area (Å²) in [5.41, 5.74) is 1.59. The second kappa shape index (κ2) is 9.28. The average molecular weight is 442 g/mol. The predicted molar refractivity (Wildman–Crippen MR) is 114 cm³/mol. The molecule has 3 rings (SSSR count). The Morgan fingerprint density at radius 2 is 1.57 bits per heavy atom. The van der Waals surface area contributed by atoms with Crippen molar-refractivity contribution in [2.75, 3.05) is 13.7 Å². The van der Waals surface area contributed by atoms with Gasteiger partial charge in [0.1, 0.15) is 17.2 Å². The maximum atomic E-state index is 9.98. The first-order valence-electron chi connectivity index (χ1n) is 8.70. The van der Waals surface area contributed by atoms with E-state index in [1.54, 1.807) is 25.5 Å². The van der Waals surface area contributed by atoms with E-state index in [9.17, 15) is 5.11 Å². The highest BCUT2D eigenvalue weighted by Crippen LogP contribution is 2.35. The lowest BCUT2D eigenvalue weighted by Gasteiger charge is -2.08. The molecule has 0 saturated carbocycles. The maximum absolute atomic E-state index is 9.98. The summed E-state index contributed by atoms with van der Waals surface area (Å²) >= 11 is 3.33. The van der Waals surface area contributed by atoms with Gasteiger partial charge in [0.25, 0.3) is 0 Å². The third kappa shape index (κ3) is 5.04. The molecule has 0 spiro atoms. The molecule has 0 saturated heterocycles. The Morgan fingerprint density at radius 1 is 0.964 bits per heavy atom. The minimum Gasteiger partial charge on any atom is -0.503 e. The lowest BCUT2D eigenvalue weighted by molar-refractivity contribution is 0.317. The van der Waals surface area contributed by atoms with Crippen molar-refractivity contribution >= 4 is 27.8 Å². The van der Waals surface area contributed by atoms with Gasteiger partial charge in [-0.2, -0.15) is 0 Å². The first-order chi connectivity index (χ1) is 13.6. The molecular formula is C22H20BrNO4. The van der Waals surface area contributed by atoms with Gasteiger partial charge in [-0.15, -0.1) is 0 Å². The SMILES string of the molecule is CCOc1cc(C=Nc2ccc(Oc3ccc(OC)cc3)cc2)cc(Br)c1O. The lowest BCUT2D eigenvalue weighted by Crippen LogP contribution is -1.94. The van der Waals surface area contributed by atoms with Crippen molar-refractivity contribution in [2.45, 2.75) is 6.92 Å². The van der Waals surface area contributed by atoms with Gasteiger partial charge in [-0.1, -0.05) is 0 Å². The number of aliphatic imine (C=N–C) groups is 1. The zero-order valence-corrected chi connectivity index (χ0v) is 17.1. The number of methoxy groups -OCH3 is 1. The van der Waals surface area contributed by atoms with E-state index in [0.717, 1.165) is 28.5 Å². The predicted octanol–water partition coefficient (Wildman–Crippen LogP) is 6.10. The fraction of sp³-hybridized carbons (Fsp3) is 0.136. The quantitative estimate of drug-likeness (QED) is 0.449. The van der Waals surface area contributed by atoms with Crippen LogP contribution in [0.5, 0.6) is 28.7 Å². The number of hydrogen-bond donors (Lipinski definition) is 1. The topological polar surface area (TPSA) is 60.3 Å². The van der Waals surface area contributed by atoms with Crippen molar-refractivity contribution in [3.05, 3.63) is 70.7 Å². The zero-order valence-electron chi connectivity index (χ0n) is 15.6. The van der Waals surface area contributed by atoms with Crippen molar-refractivity contribution in [2.24, 2.45) is 4.99 Å². The van der Waals surface area contributed by atoms with Gasteiger partial charge < -0.3 is 19.3 Å². The molecule has 0 aromatic heterocycles. The highest BCUT2D eigenvalue weighted by atomic mass is 79.9. The van der Waals surface area contributed by atoms with Crippen LogP contribution in [0.1, 0.15) is 12.5 Å². The van der Waals surface area contributed by atoms with E-state index in [2.05, 4.69) is 20.9 Å². The van der Waals surface area contributed by atoms with Gasteiger partial charge in [-0.3, -0.25) is 4.99 Å². The Labute approximate surface area is 172 Å². The summed E-state index contributed by atoms with van der Waals surface area (Å²) in [6.07, 6.45) is 1.71. The van der Waals surface area contributed by atoms with Crippen molar-refractivity contribution in [1.29, 1.82) is 0 Å². The van der Waals surface area contributed by atoms with Gasteiger partial charge >= 0.3 is 0 Å². The molecular weight excluding hydrogens is 422 g/mol. The molecule has 0 unspecified atom stereocenters. The van der Waals surface area contributed by atoms with E-state index in [1.807, 2.05) is 55.5 Å². The van der Waals surface area contributed by atoms with Crippen LogP contribution in [-0.2, 0) is 0 Å². The third-order valence-corrected chi connectivity index (χ3v) is 4.45. The standard InChI is InChI=1S/C22H20BrNO4/c1-3-27-21-13-15(12-20(23)22(21)25)14-24-16-4-6-18(7-5-16)28-19-10-8-17(26-2)9-11-19/h4-14,25H,3H2,1-2H3. The molecule has 0 bridgehead atoms. The number of hydrogen-bond acceptors (Lipinski definition) is 5. The molecule has 0 aliphatic carbocycles. The van der Waals surface area contributed by atoms with Gasteiger partial charge in [0.05, 0.1) is 23.9 Å². The number of aromatic hydroxyl groups is 1. The Bertz CT molecular complexity index is 954. The molecule has 3 aromatic carbocycles. The highest BCUT2D eigenvalue weighted by molar-refractivity contribution is 9.10. The van der Waals surface area contributed by atoms with Gasteiger partial charge in [-0.25, -0.2) is 0 Å². The second-order valence-electron chi connectivity index (χ2n) is 5.81. The van der Waals surface area contributed by atoms with Gasteiger partial charge in [0, 0.05) is 6.21 Å². The fourth-order valence-corrected chi connectivity index (χ4v) is 2.92. The largest absolute Gasteiger partial charge is 0.503 e. The zero-order chi connectivity index (χ0) is 19.9. The number of phenols is 1. The molecule has 0 aliphatic heterocycles. The average Bonchev–Trinajstić information content (AvgIpc) is 2.72. The minimum absolute atomic E-state index is 0.0824. The van der Waals surface area contributed by atoms with Crippen LogP contribution >= 0.6 is 15.9 Å². The summed E-state index contributed by atoms with van der Waals surface area (Å²) in [5.74, 6) is 2.73. The van der Waals surface area contributed by atoms with Crippen LogP contribution in [0.25, 0.3) is 0 Å². The second-order valence-corrected chi connectivity index (χ2v) is 6.67. The number of halogens is 1. The summed E-state index contributed by atoms with van der Waals surface area (Å²) in [7, 11) is 1.63. The molecule has 0 fully saturated rings. The molecule has 0 aliphatic rings. The van der Waals surface area contributed by atoms with Crippen LogP contribution < -0.4 is 14.2 Å². The molecule has 0 heterocycles. The highest BCUT2D eigenvalue weighted by Gasteiger charge is 2.08. The Morgan fingerprint density at radius 3 is 2.18 bits per heavy atom. The van der Waals surface area contributed by atoms with E-state index in [1.165, 1.54) is 0 Å². The van der Waals surface area contributed by atoms with Crippen LogP contribution in [0.3, 0.4) is 0 Å². The first kappa shape index (κ1) is 19.8. The van der Waals surface area contributed by atoms with Crippen molar-refractivity contribution < 1.29 is 19.3 Å². The molecule has 144 valence electrons. The molecule has 0 atom stereocenters. The van der Waals surface area contributed by atoms with E-state index in [-0.39, 0.29) is 5.75 Å². The maximum Gasteiger partial charge on any atom is 0.172 e. The summed E-state index contributed by atoms with van der Waals surface area (Å²) in [5, 5.41) is 9.98. The summed E-state index contributed by atoms with van der Waals surface area (Å²) in [4.78, 5) is 4.46. The molecule has 0 amide bonds. The van der Waals surface area contributed by atoms with Crippen LogP contribution in [0.2, 0.25) is 0 Å². The van der Waals surface area contributed by atoms with Crippen LogP contribution in [0.15, 0.2) is 70.1 Å². The molecule has 28 heavy (non-hydrogen) atoms. The van der Waals surface area contributed by atoms with Gasteiger partial charge in [-0.05, 0) is 89.1 Å². The van der Waals surface area contributed by atoms with E-state index in [0.29, 0.717) is 16.8 Å². The number of benzene rings is 3. The molecule has 0 radical (unpaired) electrons. The molecule has 5 nitrogen and oxygen atoms in total. The van der Waals surface area contributed by atoms with Crippen molar-refractivity contribution in [1.82, 2.24) is 0 Å². The fourth-order valence-electron chi connectivity index (χ4n) is 2.46. The summed E-state index contributed by atoms with van der Waals surface area (Å²) in [6, 6.07) is 18.4. The molecule has 6 heteroatoms. The first-order valence-corrected chi connectivity index (χ1v) is 9.49. The number of ether oxygens (including phenoxy) is 3. The summed E-state index contributed by atoms with van der Waals surface area (Å²) < 4.78 is 16.9.